The largest absolute Gasteiger partial charge is 0.468 e. The van der Waals surface area contributed by atoms with Gasteiger partial charge in [-0.05, 0) is 24.6 Å². The first kappa shape index (κ1) is 18.5. The molecular weight excluding hydrogens is 370 g/mol. The van der Waals surface area contributed by atoms with Crippen LogP contribution in [-0.2, 0) is 16.1 Å². The van der Waals surface area contributed by atoms with E-state index in [2.05, 4.69) is 4.99 Å². The van der Waals surface area contributed by atoms with Crippen LogP contribution in [0, 0.1) is 17.0 Å². The highest BCUT2D eigenvalue weighted by Crippen LogP contribution is 2.22. The first-order valence-electron chi connectivity index (χ1n) is 7.90. The van der Waals surface area contributed by atoms with Crippen LogP contribution in [0.1, 0.15) is 15.9 Å². The number of methoxy groups -OCH3 is 1. The highest BCUT2D eigenvalue weighted by Gasteiger charge is 2.20. The smallest absolute Gasteiger partial charge is 0.325 e. The second-order valence-electron chi connectivity index (χ2n) is 5.66. The number of hydrogen-bond acceptors (Lipinski definition) is 6. The summed E-state index contributed by atoms with van der Waals surface area (Å²) in [6.45, 7) is 1.76. The fraction of sp³-hybridized carbons (Fsp3) is 0.167. The van der Waals surface area contributed by atoms with Crippen LogP contribution < -0.4 is 4.80 Å². The molecule has 8 nitrogen and oxygen atoms in total. The Morgan fingerprint density at radius 2 is 1.96 bits per heavy atom. The van der Waals surface area contributed by atoms with Crippen molar-refractivity contribution >= 4 is 39.1 Å². The van der Waals surface area contributed by atoms with E-state index in [1.807, 2.05) is 25.1 Å². The van der Waals surface area contributed by atoms with Crippen molar-refractivity contribution in [1.82, 2.24) is 4.57 Å². The highest BCUT2D eigenvalue weighted by molar-refractivity contribution is 7.16. The Balaban J connectivity index is 2.20. The summed E-state index contributed by atoms with van der Waals surface area (Å²) >= 11 is 1.23. The molecule has 0 unspecified atom stereocenters. The van der Waals surface area contributed by atoms with E-state index in [1.165, 1.54) is 42.7 Å². The number of rotatable bonds is 4. The minimum absolute atomic E-state index is 0.110. The number of para-hydroxylation sites is 2. The normalized spacial score (nSPS) is 11.6. The summed E-state index contributed by atoms with van der Waals surface area (Å²) in [5.41, 5.74) is 1.25. The number of hydrogen-bond donors (Lipinski definition) is 0. The van der Waals surface area contributed by atoms with E-state index in [0.717, 1.165) is 15.8 Å². The van der Waals surface area contributed by atoms with Gasteiger partial charge in [0, 0.05) is 6.07 Å². The van der Waals surface area contributed by atoms with Gasteiger partial charge in [0.05, 0.1) is 22.2 Å². The molecule has 0 saturated heterocycles. The van der Waals surface area contributed by atoms with Gasteiger partial charge in [-0.15, -0.1) is 0 Å². The van der Waals surface area contributed by atoms with E-state index in [9.17, 15) is 19.7 Å². The molecule has 3 rings (SSSR count). The van der Waals surface area contributed by atoms with Gasteiger partial charge >= 0.3 is 5.97 Å². The van der Waals surface area contributed by atoms with Crippen molar-refractivity contribution in [3.8, 4) is 0 Å². The summed E-state index contributed by atoms with van der Waals surface area (Å²) in [5, 5.41) is 11.2. The molecule has 0 spiro atoms. The van der Waals surface area contributed by atoms with Gasteiger partial charge in [-0.1, -0.05) is 35.6 Å². The number of carbonyl (C=O) groups excluding carboxylic acids is 2. The van der Waals surface area contributed by atoms with Gasteiger partial charge in [0.25, 0.3) is 11.6 Å². The third-order valence-electron chi connectivity index (χ3n) is 3.95. The summed E-state index contributed by atoms with van der Waals surface area (Å²) in [6, 6.07) is 11.2. The van der Waals surface area contributed by atoms with Crippen LogP contribution in [-0.4, -0.2) is 28.5 Å². The van der Waals surface area contributed by atoms with Crippen molar-refractivity contribution in [2.75, 3.05) is 7.11 Å². The van der Waals surface area contributed by atoms with E-state index in [-0.39, 0.29) is 22.6 Å². The molecule has 27 heavy (non-hydrogen) atoms. The zero-order valence-corrected chi connectivity index (χ0v) is 15.4. The molecule has 0 radical (unpaired) electrons. The quantitative estimate of drug-likeness (QED) is 0.390. The predicted octanol–water partition coefficient (Wildman–Crippen LogP) is 2.83. The molecule has 0 aliphatic rings. The molecule has 9 heteroatoms. The molecule has 0 atom stereocenters. The minimum atomic E-state index is -0.745. The number of nitrogens with zero attached hydrogens (tertiary/aromatic N) is 3. The SMILES string of the molecule is COC(=O)Cn1c(=NC(=O)c2ccccc2[N+](=O)[O-])sc2cccc(C)c21. The summed E-state index contributed by atoms with van der Waals surface area (Å²) in [5.74, 6) is -1.23. The Bertz CT molecular complexity index is 1130. The van der Waals surface area contributed by atoms with Gasteiger partial charge in [-0.25, -0.2) is 0 Å². The maximum Gasteiger partial charge on any atom is 0.325 e. The van der Waals surface area contributed by atoms with Gasteiger partial charge in [-0.2, -0.15) is 4.99 Å². The molecule has 0 aliphatic heterocycles. The number of aryl methyl sites for hydroxylation is 1. The number of thiazole rings is 1. The molecule has 0 N–H and O–H groups in total. The third kappa shape index (κ3) is 3.63. The van der Waals surface area contributed by atoms with E-state index in [0.29, 0.717) is 0 Å². The average molecular weight is 385 g/mol. The van der Waals surface area contributed by atoms with Crippen molar-refractivity contribution in [1.29, 1.82) is 0 Å². The minimum Gasteiger partial charge on any atom is -0.468 e. The lowest BCUT2D eigenvalue weighted by Crippen LogP contribution is -2.22. The van der Waals surface area contributed by atoms with E-state index in [4.69, 9.17) is 4.74 Å². The van der Waals surface area contributed by atoms with Crippen molar-refractivity contribution in [3.63, 3.8) is 0 Å². The molecule has 3 aromatic rings. The molecule has 1 amide bonds. The molecule has 138 valence electrons. The number of carbonyl (C=O) groups is 2. The molecule has 1 aromatic heterocycles. The van der Waals surface area contributed by atoms with Crippen molar-refractivity contribution in [2.45, 2.75) is 13.5 Å². The van der Waals surface area contributed by atoms with Crippen LogP contribution in [0.2, 0.25) is 0 Å². The van der Waals surface area contributed by atoms with Crippen LogP contribution >= 0.6 is 11.3 Å². The van der Waals surface area contributed by atoms with Gasteiger partial charge in [0.1, 0.15) is 12.1 Å². The Hall–Kier alpha value is -3.33. The molecule has 0 aliphatic carbocycles. The number of ether oxygens (including phenoxy) is 1. The molecule has 0 bridgehead atoms. The summed E-state index contributed by atoms with van der Waals surface area (Å²) in [7, 11) is 1.28. The first-order valence-corrected chi connectivity index (χ1v) is 8.72. The lowest BCUT2D eigenvalue weighted by Gasteiger charge is -2.05. The van der Waals surface area contributed by atoms with Gasteiger partial charge < -0.3 is 9.30 Å². The van der Waals surface area contributed by atoms with Crippen LogP contribution in [0.3, 0.4) is 0 Å². The van der Waals surface area contributed by atoms with E-state index in [1.54, 1.807) is 4.57 Å². The molecule has 0 saturated carbocycles. The van der Waals surface area contributed by atoms with Gasteiger partial charge in [0.2, 0.25) is 0 Å². The highest BCUT2D eigenvalue weighted by atomic mass is 32.1. The zero-order chi connectivity index (χ0) is 19.6. The standard InChI is InChI=1S/C18H15N3O5S/c1-11-6-5-9-14-16(11)20(10-15(22)26-2)18(27-14)19-17(23)12-7-3-4-8-13(12)21(24)25/h3-9H,10H2,1-2H3. The van der Waals surface area contributed by atoms with Crippen molar-refractivity contribution in [3.05, 3.63) is 68.5 Å². The number of nitro groups is 1. The Labute approximate surface area is 157 Å². The van der Waals surface area contributed by atoms with Crippen LogP contribution in [0.15, 0.2) is 47.5 Å². The number of fused-ring (bicyclic) bond motifs is 1. The van der Waals surface area contributed by atoms with Crippen LogP contribution in [0.4, 0.5) is 5.69 Å². The Morgan fingerprint density at radius 3 is 2.67 bits per heavy atom. The zero-order valence-electron chi connectivity index (χ0n) is 14.5. The fourth-order valence-corrected chi connectivity index (χ4v) is 3.80. The maximum absolute atomic E-state index is 12.6. The Kier molecular flexibility index (Phi) is 5.13. The van der Waals surface area contributed by atoms with E-state index >= 15 is 0 Å². The molecular formula is C18H15N3O5S. The first-order chi connectivity index (χ1) is 12.9. The summed E-state index contributed by atoms with van der Waals surface area (Å²) in [4.78, 5) is 39.3. The Morgan fingerprint density at radius 1 is 1.22 bits per heavy atom. The summed E-state index contributed by atoms with van der Waals surface area (Å²) in [6.07, 6.45) is 0. The second kappa shape index (κ2) is 7.50. The number of aromatic nitrogens is 1. The molecule has 0 fully saturated rings. The monoisotopic (exact) mass is 385 g/mol. The van der Waals surface area contributed by atoms with Gasteiger partial charge in [0.15, 0.2) is 4.80 Å². The fourth-order valence-electron chi connectivity index (χ4n) is 2.69. The number of benzene rings is 2. The van der Waals surface area contributed by atoms with Crippen LogP contribution in [0.25, 0.3) is 10.2 Å². The maximum atomic E-state index is 12.6. The third-order valence-corrected chi connectivity index (χ3v) is 4.99. The van der Waals surface area contributed by atoms with Crippen molar-refractivity contribution < 1.29 is 19.2 Å². The topological polar surface area (TPSA) is 104 Å². The number of esters is 1. The van der Waals surface area contributed by atoms with Crippen molar-refractivity contribution in [2.24, 2.45) is 4.99 Å². The summed E-state index contributed by atoms with van der Waals surface area (Å²) < 4.78 is 7.17. The van der Waals surface area contributed by atoms with E-state index < -0.39 is 16.8 Å². The molecule has 1 heterocycles. The van der Waals surface area contributed by atoms with Gasteiger partial charge in [-0.3, -0.25) is 19.7 Å². The van der Waals surface area contributed by atoms with Crippen LogP contribution in [0.5, 0.6) is 0 Å². The lowest BCUT2D eigenvalue weighted by molar-refractivity contribution is -0.385. The predicted molar refractivity (Wildman–Crippen MR) is 99.6 cm³/mol. The average Bonchev–Trinajstić information content (AvgIpc) is 2.99. The molecule has 2 aromatic carbocycles. The second-order valence-corrected chi connectivity index (χ2v) is 6.67. The lowest BCUT2D eigenvalue weighted by atomic mass is 10.2. The number of amides is 1. The number of nitro benzene ring substituents is 1.